The molecule has 0 bridgehead atoms. The Kier molecular flexibility index (Phi) is 4.86. The van der Waals surface area contributed by atoms with Gasteiger partial charge in [0.25, 0.3) is 0 Å². The molecule has 1 fully saturated rings. The van der Waals surface area contributed by atoms with Crippen LogP contribution in [0.4, 0.5) is 13.2 Å². The van der Waals surface area contributed by atoms with E-state index in [0.717, 1.165) is 12.5 Å². The average Bonchev–Trinajstić information content (AvgIpc) is 2.37. The molecule has 0 amide bonds. The molecule has 1 aromatic rings. The normalized spacial score (nSPS) is 18.5. The van der Waals surface area contributed by atoms with E-state index >= 15 is 0 Å². The standard InChI is InChI=1S/C15H20F3N/c16-13-9-15(18)14(17)8-11(13)7-12(19)6-10-4-2-1-3-5-10/h8-10,12H,1-7,19H2/t12-/m0/s1. The van der Waals surface area contributed by atoms with E-state index in [1.54, 1.807) is 0 Å². The fourth-order valence-corrected chi connectivity index (χ4v) is 2.94. The van der Waals surface area contributed by atoms with Gasteiger partial charge in [-0.2, -0.15) is 0 Å². The van der Waals surface area contributed by atoms with Crippen LogP contribution in [0.3, 0.4) is 0 Å². The maximum atomic E-state index is 13.5. The van der Waals surface area contributed by atoms with Crippen molar-refractivity contribution < 1.29 is 13.2 Å². The van der Waals surface area contributed by atoms with Gasteiger partial charge >= 0.3 is 0 Å². The second-order valence-corrected chi connectivity index (χ2v) is 5.56. The van der Waals surface area contributed by atoms with Crippen molar-refractivity contribution in [1.82, 2.24) is 0 Å². The Morgan fingerprint density at radius 3 is 2.32 bits per heavy atom. The molecular weight excluding hydrogens is 251 g/mol. The van der Waals surface area contributed by atoms with Gasteiger partial charge in [0.15, 0.2) is 11.6 Å². The van der Waals surface area contributed by atoms with Crippen LogP contribution in [0.2, 0.25) is 0 Å². The zero-order valence-electron chi connectivity index (χ0n) is 11.0. The molecule has 0 heterocycles. The molecule has 2 N–H and O–H groups in total. The summed E-state index contributed by atoms with van der Waals surface area (Å²) in [7, 11) is 0. The highest BCUT2D eigenvalue weighted by molar-refractivity contribution is 5.21. The third-order valence-electron chi connectivity index (χ3n) is 3.93. The minimum Gasteiger partial charge on any atom is -0.327 e. The highest BCUT2D eigenvalue weighted by atomic mass is 19.2. The van der Waals surface area contributed by atoms with E-state index in [4.69, 9.17) is 5.73 Å². The van der Waals surface area contributed by atoms with E-state index in [9.17, 15) is 13.2 Å². The summed E-state index contributed by atoms with van der Waals surface area (Å²) in [6.07, 6.45) is 7.19. The van der Waals surface area contributed by atoms with Crippen molar-refractivity contribution in [3.63, 3.8) is 0 Å². The van der Waals surface area contributed by atoms with Gasteiger partial charge in [0.1, 0.15) is 5.82 Å². The number of hydrogen-bond acceptors (Lipinski definition) is 1. The predicted octanol–water partition coefficient (Wildman–Crippen LogP) is 3.94. The number of nitrogens with two attached hydrogens (primary N) is 1. The lowest BCUT2D eigenvalue weighted by atomic mass is 9.84. The molecule has 1 aliphatic rings. The Labute approximate surface area is 112 Å². The van der Waals surface area contributed by atoms with E-state index in [-0.39, 0.29) is 18.0 Å². The Hall–Kier alpha value is -1.03. The van der Waals surface area contributed by atoms with Crippen molar-refractivity contribution in [2.75, 3.05) is 0 Å². The third-order valence-corrected chi connectivity index (χ3v) is 3.93. The highest BCUT2D eigenvalue weighted by Gasteiger charge is 2.18. The zero-order valence-corrected chi connectivity index (χ0v) is 11.0. The first-order valence-corrected chi connectivity index (χ1v) is 6.95. The van der Waals surface area contributed by atoms with Crippen molar-refractivity contribution in [1.29, 1.82) is 0 Å². The van der Waals surface area contributed by atoms with Crippen molar-refractivity contribution in [3.05, 3.63) is 35.1 Å². The lowest BCUT2D eigenvalue weighted by Crippen LogP contribution is -2.27. The van der Waals surface area contributed by atoms with Gasteiger partial charge < -0.3 is 5.73 Å². The third kappa shape index (κ3) is 3.96. The van der Waals surface area contributed by atoms with Gasteiger partial charge in [-0.15, -0.1) is 0 Å². The van der Waals surface area contributed by atoms with Crippen LogP contribution < -0.4 is 5.73 Å². The maximum absolute atomic E-state index is 13.5. The van der Waals surface area contributed by atoms with E-state index in [0.29, 0.717) is 12.0 Å². The Morgan fingerprint density at radius 2 is 1.63 bits per heavy atom. The maximum Gasteiger partial charge on any atom is 0.161 e. The largest absolute Gasteiger partial charge is 0.327 e. The predicted molar refractivity (Wildman–Crippen MR) is 69.2 cm³/mol. The second kappa shape index (κ2) is 6.42. The van der Waals surface area contributed by atoms with E-state index < -0.39 is 17.5 Å². The summed E-state index contributed by atoms with van der Waals surface area (Å²) >= 11 is 0. The van der Waals surface area contributed by atoms with Crippen LogP contribution in [-0.2, 0) is 6.42 Å². The minimum atomic E-state index is -1.15. The Bertz CT molecular complexity index is 428. The van der Waals surface area contributed by atoms with Crippen LogP contribution in [0.1, 0.15) is 44.1 Å². The van der Waals surface area contributed by atoms with Crippen LogP contribution in [0.15, 0.2) is 12.1 Å². The van der Waals surface area contributed by atoms with Crippen molar-refractivity contribution in [2.24, 2.45) is 11.7 Å². The van der Waals surface area contributed by atoms with Gasteiger partial charge in [0.05, 0.1) is 0 Å². The van der Waals surface area contributed by atoms with Gasteiger partial charge in [-0.05, 0) is 30.4 Å². The molecule has 1 aliphatic carbocycles. The Balaban J connectivity index is 1.94. The lowest BCUT2D eigenvalue weighted by molar-refractivity contribution is 0.316. The molecule has 0 radical (unpaired) electrons. The smallest absolute Gasteiger partial charge is 0.161 e. The molecule has 4 heteroatoms. The van der Waals surface area contributed by atoms with E-state index in [1.165, 1.54) is 32.1 Å². The van der Waals surface area contributed by atoms with Crippen molar-refractivity contribution in [3.8, 4) is 0 Å². The first-order chi connectivity index (χ1) is 9.06. The molecular formula is C15H20F3N. The second-order valence-electron chi connectivity index (χ2n) is 5.56. The van der Waals surface area contributed by atoms with Gasteiger partial charge in [-0.3, -0.25) is 0 Å². The van der Waals surface area contributed by atoms with Gasteiger partial charge in [0, 0.05) is 12.1 Å². The zero-order chi connectivity index (χ0) is 13.8. The summed E-state index contributed by atoms with van der Waals surface area (Å²) in [5.74, 6) is -2.28. The van der Waals surface area contributed by atoms with E-state index in [1.807, 2.05) is 0 Å². The van der Waals surface area contributed by atoms with Crippen molar-refractivity contribution >= 4 is 0 Å². The van der Waals surface area contributed by atoms with Crippen molar-refractivity contribution in [2.45, 2.75) is 51.0 Å². The fourth-order valence-electron chi connectivity index (χ4n) is 2.94. The van der Waals surface area contributed by atoms with Gasteiger partial charge in [-0.25, -0.2) is 13.2 Å². The van der Waals surface area contributed by atoms with Crippen LogP contribution in [0.5, 0.6) is 0 Å². The molecule has 1 nitrogen and oxygen atoms in total. The van der Waals surface area contributed by atoms with E-state index in [2.05, 4.69) is 0 Å². The molecule has 19 heavy (non-hydrogen) atoms. The first-order valence-electron chi connectivity index (χ1n) is 6.95. The summed E-state index contributed by atoms with van der Waals surface area (Å²) < 4.78 is 39.4. The number of rotatable bonds is 4. The quantitative estimate of drug-likeness (QED) is 0.825. The minimum absolute atomic E-state index is 0.169. The molecule has 0 aliphatic heterocycles. The summed E-state index contributed by atoms with van der Waals surface area (Å²) in [4.78, 5) is 0. The SMILES string of the molecule is N[C@H](Cc1cc(F)c(F)cc1F)CC1CCCCC1. The molecule has 0 aromatic heterocycles. The van der Waals surface area contributed by atoms with Gasteiger partial charge in [0.2, 0.25) is 0 Å². The molecule has 0 saturated heterocycles. The molecule has 106 valence electrons. The van der Waals surface area contributed by atoms with Crippen LogP contribution >= 0.6 is 0 Å². The number of benzene rings is 1. The first kappa shape index (κ1) is 14.4. The van der Waals surface area contributed by atoms with Crippen LogP contribution in [0, 0.1) is 23.4 Å². The molecule has 1 aromatic carbocycles. The summed E-state index contributed by atoms with van der Waals surface area (Å²) in [6, 6.07) is 1.33. The molecule has 0 spiro atoms. The molecule has 2 rings (SSSR count). The average molecular weight is 271 g/mol. The topological polar surface area (TPSA) is 26.0 Å². The molecule has 0 unspecified atom stereocenters. The molecule has 1 atom stereocenters. The summed E-state index contributed by atoms with van der Waals surface area (Å²) in [5.41, 5.74) is 6.18. The fraction of sp³-hybridized carbons (Fsp3) is 0.600. The number of halogens is 3. The number of hydrogen-bond donors (Lipinski definition) is 1. The summed E-state index contributed by atoms with van der Waals surface area (Å²) in [6.45, 7) is 0. The van der Waals surface area contributed by atoms with Crippen LogP contribution in [0.25, 0.3) is 0 Å². The summed E-state index contributed by atoms with van der Waals surface area (Å²) in [5, 5.41) is 0. The van der Waals surface area contributed by atoms with Crippen LogP contribution in [-0.4, -0.2) is 6.04 Å². The Morgan fingerprint density at radius 1 is 1.00 bits per heavy atom. The monoisotopic (exact) mass is 271 g/mol. The van der Waals surface area contributed by atoms with Gasteiger partial charge in [-0.1, -0.05) is 32.1 Å². The highest BCUT2D eigenvalue weighted by Crippen LogP contribution is 2.28. The lowest BCUT2D eigenvalue weighted by Gasteiger charge is -2.24. The molecule has 1 saturated carbocycles.